The number of hydrogen-bond acceptors (Lipinski definition) is 5. The van der Waals surface area contributed by atoms with Crippen LogP contribution in [-0.4, -0.2) is 22.7 Å². The molecule has 0 aliphatic carbocycles. The molecule has 1 heterocycles. The Hall–Kier alpha value is -1.95. The Morgan fingerprint density at radius 3 is 2.55 bits per heavy atom. The van der Waals surface area contributed by atoms with E-state index < -0.39 is 0 Å². The lowest BCUT2D eigenvalue weighted by atomic mass is 10.1. The third kappa shape index (κ3) is 4.03. The number of carbonyl (C=O) groups excluding carboxylic acids is 1. The number of carbonyl (C=O) groups is 1. The van der Waals surface area contributed by atoms with E-state index in [1.807, 2.05) is 32.9 Å². The van der Waals surface area contributed by atoms with Gasteiger partial charge in [-0.2, -0.15) is 0 Å². The number of hydrogen-bond donors (Lipinski definition) is 1. The number of nitrogens with one attached hydrogen (secondary N) is 1. The monoisotopic (exact) mass is 291 g/mol. The van der Waals surface area contributed by atoms with Crippen LogP contribution < -0.4 is 10.1 Å². The first-order chi connectivity index (χ1) is 9.56. The maximum atomic E-state index is 11.8. The van der Waals surface area contributed by atoms with Gasteiger partial charge in [-0.25, -0.2) is 0 Å². The second-order valence-electron chi connectivity index (χ2n) is 4.51. The molecule has 0 bridgehead atoms. The Morgan fingerprint density at radius 1 is 1.25 bits per heavy atom. The molecule has 0 saturated carbocycles. The maximum Gasteiger partial charge on any atom is 0.264 e. The highest BCUT2D eigenvalue weighted by Gasteiger charge is 2.08. The summed E-state index contributed by atoms with van der Waals surface area (Å²) in [4.78, 5) is 11.8. The van der Waals surface area contributed by atoms with Crippen LogP contribution in [0.5, 0.6) is 5.75 Å². The third-order valence-electron chi connectivity index (χ3n) is 2.58. The number of aromatic nitrogens is 2. The summed E-state index contributed by atoms with van der Waals surface area (Å²) < 4.78 is 5.48. The van der Waals surface area contributed by atoms with Gasteiger partial charge in [0.2, 0.25) is 5.13 Å². The predicted molar refractivity (Wildman–Crippen MR) is 79.3 cm³/mol. The van der Waals surface area contributed by atoms with Crippen molar-refractivity contribution in [3.63, 3.8) is 0 Å². The first-order valence-corrected chi connectivity index (χ1v) is 7.22. The van der Waals surface area contributed by atoms with Gasteiger partial charge in [0.05, 0.1) is 0 Å². The second-order valence-corrected chi connectivity index (χ2v) is 5.58. The summed E-state index contributed by atoms with van der Waals surface area (Å²) in [5.41, 5.74) is 2.22. The van der Waals surface area contributed by atoms with E-state index in [9.17, 15) is 4.79 Å². The summed E-state index contributed by atoms with van der Waals surface area (Å²) in [6.45, 7) is 5.94. The average Bonchev–Trinajstić information content (AvgIpc) is 2.83. The van der Waals surface area contributed by atoms with Crippen LogP contribution in [0.25, 0.3) is 0 Å². The topological polar surface area (TPSA) is 64.1 Å². The molecule has 2 rings (SSSR count). The van der Waals surface area contributed by atoms with Gasteiger partial charge in [-0.05, 0) is 43.5 Å². The molecule has 1 aromatic heterocycles. The van der Waals surface area contributed by atoms with Crippen molar-refractivity contribution in [3.05, 3.63) is 34.3 Å². The molecule has 5 nitrogen and oxygen atoms in total. The summed E-state index contributed by atoms with van der Waals surface area (Å²) in [5.74, 6) is 0.465. The molecule has 106 valence electrons. The van der Waals surface area contributed by atoms with E-state index in [2.05, 4.69) is 21.6 Å². The van der Waals surface area contributed by atoms with E-state index in [4.69, 9.17) is 4.74 Å². The van der Waals surface area contributed by atoms with Crippen LogP contribution in [0, 0.1) is 13.8 Å². The van der Waals surface area contributed by atoms with Gasteiger partial charge in [-0.3, -0.25) is 10.1 Å². The van der Waals surface area contributed by atoms with Crippen molar-refractivity contribution < 1.29 is 9.53 Å². The average molecular weight is 291 g/mol. The van der Waals surface area contributed by atoms with E-state index in [1.165, 1.54) is 11.3 Å². The van der Waals surface area contributed by atoms with Crippen LogP contribution in [0.15, 0.2) is 18.2 Å². The van der Waals surface area contributed by atoms with Crippen LogP contribution in [0.1, 0.15) is 23.1 Å². The summed E-state index contributed by atoms with van der Waals surface area (Å²) in [6, 6.07) is 5.86. The highest BCUT2D eigenvalue weighted by atomic mass is 32.1. The molecule has 0 saturated heterocycles. The number of anilines is 1. The van der Waals surface area contributed by atoms with Crippen LogP contribution >= 0.6 is 11.3 Å². The molecule has 0 aliphatic heterocycles. The van der Waals surface area contributed by atoms with Gasteiger partial charge in [0.15, 0.2) is 6.61 Å². The summed E-state index contributed by atoms with van der Waals surface area (Å²) in [5, 5.41) is 11.9. The Bertz CT molecular complexity index is 590. The fourth-order valence-electron chi connectivity index (χ4n) is 1.77. The molecule has 20 heavy (non-hydrogen) atoms. The van der Waals surface area contributed by atoms with Crippen LogP contribution in [-0.2, 0) is 11.2 Å². The van der Waals surface area contributed by atoms with Gasteiger partial charge in [-0.1, -0.05) is 24.3 Å². The van der Waals surface area contributed by atoms with Gasteiger partial charge < -0.3 is 4.74 Å². The molecule has 0 unspecified atom stereocenters. The van der Waals surface area contributed by atoms with Gasteiger partial charge in [0.25, 0.3) is 5.91 Å². The highest BCUT2D eigenvalue weighted by molar-refractivity contribution is 7.15. The molecule has 1 N–H and O–H groups in total. The predicted octanol–water partition coefficient (Wildman–Crippen LogP) is 2.73. The highest BCUT2D eigenvalue weighted by Crippen LogP contribution is 2.17. The van der Waals surface area contributed by atoms with Crippen molar-refractivity contribution in [3.8, 4) is 5.75 Å². The lowest BCUT2D eigenvalue weighted by Crippen LogP contribution is -2.20. The van der Waals surface area contributed by atoms with E-state index in [0.29, 0.717) is 10.9 Å². The molecule has 0 radical (unpaired) electrons. The third-order valence-corrected chi connectivity index (χ3v) is 3.56. The molecular formula is C14H17N3O2S. The largest absolute Gasteiger partial charge is 0.484 e. The second kappa shape index (κ2) is 6.47. The number of aryl methyl sites for hydroxylation is 3. The van der Waals surface area contributed by atoms with Gasteiger partial charge in [0.1, 0.15) is 10.8 Å². The van der Waals surface area contributed by atoms with Crippen LogP contribution in [0.4, 0.5) is 5.13 Å². The lowest BCUT2D eigenvalue weighted by molar-refractivity contribution is -0.118. The Morgan fingerprint density at radius 2 is 1.95 bits per heavy atom. The molecule has 0 atom stereocenters. The number of rotatable bonds is 5. The Balaban J connectivity index is 1.88. The zero-order chi connectivity index (χ0) is 14.5. The van der Waals surface area contributed by atoms with Crippen molar-refractivity contribution in [2.45, 2.75) is 27.2 Å². The number of benzene rings is 1. The molecule has 2 aromatic rings. The Kier molecular flexibility index (Phi) is 4.68. The number of nitrogens with zero attached hydrogens (tertiary/aromatic N) is 2. The smallest absolute Gasteiger partial charge is 0.264 e. The molecule has 0 spiro atoms. The minimum absolute atomic E-state index is 0.0378. The molecule has 0 fully saturated rings. The standard InChI is InChI=1S/C14H17N3O2S/c1-4-13-16-17-14(20-13)15-12(18)8-19-11-6-9(2)5-10(3)7-11/h5-7H,4,8H2,1-3H3,(H,15,17,18). The maximum absolute atomic E-state index is 11.8. The molecule has 1 aromatic carbocycles. The van der Waals surface area contributed by atoms with Crippen LogP contribution in [0.2, 0.25) is 0 Å². The van der Waals surface area contributed by atoms with Gasteiger partial charge >= 0.3 is 0 Å². The SMILES string of the molecule is CCc1nnc(NC(=O)COc2cc(C)cc(C)c2)s1. The zero-order valence-corrected chi connectivity index (χ0v) is 12.6. The Labute approximate surface area is 122 Å². The molecule has 6 heteroatoms. The number of ether oxygens (including phenoxy) is 1. The summed E-state index contributed by atoms with van der Waals surface area (Å²) in [6.07, 6.45) is 0.812. The van der Waals surface area contributed by atoms with Crippen LogP contribution in [0.3, 0.4) is 0 Å². The summed E-state index contributed by atoms with van der Waals surface area (Å²) in [7, 11) is 0. The van der Waals surface area contributed by atoms with Gasteiger partial charge in [-0.15, -0.1) is 10.2 Å². The van der Waals surface area contributed by atoms with E-state index >= 15 is 0 Å². The van der Waals surface area contributed by atoms with Crippen molar-refractivity contribution in [1.82, 2.24) is 10.2 Å². The van der Waals surface area contributed by atoms with E-state index in [0.717, 1.165) is 22.6 Å². The van der Waals surface area contributed by atoms with E-state index in [-0.39, 0.29) is 12.5 Å². The number of amides is 1. The fraction of sp³-hybridized carbons (Fsp3) is 0.357. The van der Waals surface area contributed by atoms with Crippen molar-refractivity contribution >= 4 is 22.4 Å². The van der Waals surface area contributed by atoms with Crippen molar-refractivity contribution in [2.24, 2.45) is 0 Å². The zero-order valence-electron chi connectivity index (χ0n) is 11.8. The minimum Gasteiger partial charge on any atom is -0.484 e. The molecule has 0 aliphatic rings. The minimum atomic E-state index is -0.233. The first kappa shape index (κ1) is 14.5. The molecule has 1 amide bonds. The lowest BCUT2D eigenvalue weighted by Gasteiger charge is -2.07. The van der Waals surface area contributed by atoms with Crippen molar-refractivity contribution in [1.29, 1.82) is 0 Å². The summed E-state index contributed by atoms with van der Waals surface area (Å²) >= 11 is 1.38. The van der Waals surface area contributed by atoms with E-state index in [1.54, 1.807) is 0 Å². The van der Waals surface area contributed by atoms with Crippen molar-refractivity contribution in [2.75, 3.05) is 11.9 Å². The fourth-order valence-corrected chi connectivity index (χ4v) is 2.46. The quantitative estimate of drug-likeness (QED) is 0.920. The first-order valence-electron chi connectivity index (χ1n) is 6.40. The van der Waals surface area contributed by atoms with Gasteiger partial charge in [0, 0.05) is 0 Å². The molecular weight excluding hydrogens is 274 g/mol. The normalized spacial score (nSPS) is 10.3.